The highest BCUT2D eigenvalue weighted by atomic mass is 16.5. The van der Waals surface area contributed by atoms with Crippen molar-refractivity contribution >= 4 is 12.4 Å². The molecule has 0 aromatic carbocycles. The van der Waals surface area contributed by atoms with Crippen LogP contribution in [0.4, 0.5) is 0 Å². The lowest BCUT2D eigenvalue weighted by atomic mass is 10.00. The van der Waals surface area contributed by atoms with Crippen molar-refractivity contribution in [1.82, 2.24) is 5.32 Å². The molecule has 0 saturated carbocycles. The van der Waals surface area contributed by atoms with Crippen LogP contribution < -0.4 is 5.32 Å². The minimum atomic E-state index is -0.250. The van der Waals surface area contributed by atoms with Crippen molar-refractivity contribution in [2.24, 2.45) is 5.92 Å². The van der Waals surface area contributed by atoms with E-state index in [0.29, 0.717) is 18.9 Å². The van der Waals surface area contributed by atoms with Crippen LogP contribution in [0, 0.1) is 5.92 Å². The van der Waals surface area contributed by atoms with Gasteiger partial charge in [-0.25, -0.2) is 0 Å². The maximum Gasteiger partial charge on any atom is 0.306 e. The smallest absolute Gasteiger partial charge is 0.306 e. The first kappa shape index (κ1) is 11.9. The Bertz CT molecular complexity index is 156. The van der Waals surface area contributed by atoms with Crippen LogP contribution in [-0.4, -0.2) is 37.2 Å². The molecule has 1 saturated heterocycles. The molecule has 0 aliphatic carbocycles. The third kappa shape index (κ3) is 6.10. The molecule has 0 bridgehead atoms. The van der Waals surface area contributed by atoms with E-state index in [0.717, 1.165) is 13.1 Å². The summed E-state index contributed by atoms with van der Waals surface area (Å²) in [6, 6.07) is 0. The third-order valence-electron chi connectivity index (χ3n) is 1.63. The Hall–Kier alpha value is -1.10. The molecule has 1 fully saturated rings. The number of hydrogen-bond acceptors (Lipinski definition) is 4. The van der Waals surface area contributed by atoms with Gasteiger partial charge in [0.05, 0.1) is 13.0 Å². The van der Waals surface area contributed by atoms with Gasteiger partial charge in [-0.1, -0.05) is 0 Å². The number of esters is 1. The maximum atomic E-state index is 10.8. The van der Waals surface area contributed by atoms with Crippen LogP contribution in [0.25, 0.3) is 0 Å². The molecule has 13 heavy (non-hydrogen) atoms. The summed E-state index contributed by atoms with van der Waals surface area (Å²) < 4.78 is 4.78. The Labute approximate surface area is 77.1 Å². The summed E-state index contributed by atoms with van der Waals surface area (Å²) in [5.74, 6) is 0.466. The lowest BCUT2D eigenvalue weighted by molar-refractivity contribution is -0.144. The highest BCUT2D eigenvalue weighted by molar-refractivity contribution is 5.69. The quantitative estimate of drug-likeness (QED) is 0.477. The molecule has 76 valence electrons. The molecule has 0 spiro atoms. The molecule has 1 aliphatic rings. The summed E-state index contributed by atoms with van der Waals surface area (Å²) in [6.07, 6.45) is 0.584. The second kappa shape index (κ2) is 7.54. The van der Waals surface area contributed by atoms with Gasteiger partial charge in [0.2, 0.25) is 0 Å². The molecule has 1 rings (SSSR count). The highest BCUT2D eigenvalue weighted by Gasteiger charge is 2.20. The van der Waals surface area contributed by atoms with Crippen molar-refractivity contribution in [2.75, 3.05) is 19.7 Å². The molecule has 5 nitrogen and oxygen atoms in total. The molecule has 2 N–H and O–H groups in total. The summed E-state index contributed by atoms with van der Waals surface area (Å²) >= 11 is 0. The van der Waals surface area contributed by atoms with Crippen LogP contribution in [0.15, 0.2) is 0 Å². The second-order valence-electron chi connectivity index (χ2n) is 2.64. The van der Waals surface area contributed by atoms with E-state index in [2.05, 4.69) is 5.32 Å². The van der Waals surface area contributed by atoms with E-state index in [1.54, 1.807) is 0 Å². The normalized spacial score (nSPS) is 14.8. The Morgan fingerprint density at radius 2 is 2.23 bits per heavy atom. The van der Waals surface area contributed by atoms with Gasteiger partial charge in [-0.05, 0) is 25.9 Å². The predicted molar refractivity (Wildman–Crippen MR) is 46.3 cm³/mol. The number of ether oxygens (including phenoxy) is 1. The Morgan fingerprint density at radius 1 is 1.69 bits per heavy atom. The van der Waals surface area contributed by atoms with E-state index in [9.17, 15) is 4.79 Å². The number of carbonyl (C=O) groups is 2. The van der Waals surface area contributed by atoms with Gasteiger partial charge >= 0.3 is 5.97 Å². The van der Waals surface area contributed by atoms with E-state index in [-0.39, 0.29) is 12.4 Å². The number of carboxylic acid groups (broad SMARTS) is 1. The van der Waals surface area contributed by atoms with Gasteiger partial charge in [0.25, 0.3) is 6.47 Å². The van der Waals surface area contributed by atoms with Crippen LogP contribution in [-0.2, 0) is 14.3 Å². The van der Waals surface area contributed by atoms with Crippen LogP contribution in [0.2, 0.25) is 0 Å². The Morgan fingerprint density at radius 3 is 2.54 bits per heavy atom. The third-order valence-corrected chi connectivity index (χ3v) is 1.63. The van der Waals surface area contributed by atoms with Crippen molar-refractivity contribution in [3.63, 3.8) is 0 Å². The molecule has 1 aliphatic heterocycles. The van der Waals surface area contributed by atoms with Crippen molar-refractivity contribution in [3.8, 4) is 0 Å². The number of carbonyl (C=O) groups excluding carboxylic acids is 1. The summed E-state index contributed by atoms with van der Waals surface area (Å²) in [6.45, 7) is 4.02. The average Bonchev–Trinajstić information content (AvgIpc) is 1.99. The van der Waals surface area contributed by atoms with Gasteiger partial charge in [-0.2, -0.15) is 0 Å². The van der Waals surface area contributed by atoms with E-state index >= 15 is 0 Å². The molecular weight excluding hydrogens is 174 g/mol. The van der Waals surface area contributed by atoms with E-state index < -0.39 is 0 Å². The van der Waals surface area contributed by atoms with Crippen LogP contribution >= 0.6 is 0 Å². The molecule has 1 heterocycles. The first-order chi connectivity index (χ1) is 6.24. The van der Waals surface area contributed by atoms with Gasteiger partial charge in [-0.15, -0.1) is 0 Å². The fraction of sp³-hybridized carbons (Fsp3) is 0.750. The first-order valence-corrected chi connectivity index (χ1v) is 4.18. The predicted octanol–water partition coefficient (Wildman–Crippen LogP) is -0.140. The maximum absolute atomic E-state index is 10.8. The van der Waals surface area contributed by atoms with Gasteiger partial charge in [0.15, 0.2) is 0 Å². The molecular formula is C8H15NO4. The topological polar surface area (TPSA) is 75.6 Å². The Balaban J connectivity index is 0.000000424. The SMILES string of the molecule is CCOC(=O)CC1CNC1.O=CO. The second-order valence-corrected chi connectivity index (χ2v) is 2.64. The average molecular weight is 189 g/mol. The molecule has 0 unspecified atom stereocenters. The van der Waals surface area contributed by atoms with Crippen molar-refractivity contribution in [2.45, 2.75) is 13.3 Å². The highest BCUT2D eigenvalue weighted by Crippen LogP contribution is 2.08. The standard InChI is InChI=1S/C7H13NO2.CH2O2/c1-2-10-7(9)3-6-4-8-5-6;2-1-3/h6,8H,2-5H2,1H3;1H,(H,2,3). The van der Waals surface area contributed by atoms with Crippen LogP contribution in [0.1, 0.15) is 13.3 Å². The number of nitrogens with one attached hydrogen (secondary N) is 1. The minimum absolute atomic E-state index is 0.0611. The summed E-state index contributed by atoms with van der Waals surface area (Å²) in [7, 11) is 0. The molecule has 0 aromatic rings. The lowest BCUT2D eigenvalue weighted by Crippen LogP contribution is -2.43. The molecule has 0 aromatic heterocycles. The monoisotopic (exact) mass is 189 g/mol. The van der Waals surface area contributed by atoms with Crippen molar-refractivity contribution in [3.05, 3.63) is 0 Å². The van der Waals surface area contributed by atoms with E-state index in [1.807, 2.05) is 6.92 Å². The molecule has 0 radical (unpaired) electrons. The van der Waals surface area contributed by atoms with Gasteiger partial charge < -0.3 is 15.2 Å². The Kier molecular flexibility index (Phi) is 6.91. The van der Waals surface area contributed by atoms with Crippen LogP contribution in [0.5, 0.6) is 0 Å². The molecule has 0 atom stereocenters. The van der Waals surface area contributed by atoms with E-state index in [4.69, 9.17) is 14.6 Å². The van der Waals surface area contributed by atoms with Gasteiger partial charge in [0, 0.05) is 0 Å². The van der Waals surface area contributed by atoms with Gasteiger partial charge in [-0.3, -0.25) is 9.59 Å². The first-order valence-electron chi connectivity index (χ1n) is 4.18. The molecule has 5 heteroatoms. The number of hydrogen-bond donors (Lipinski definition) is 2. The summed E-state index contributed by atoms with van der Waals surface area (Å²) in [5, 5.41) is 9.99. The lowest BCUT2D eigenvalue weighted by Gasteiger charge is -2.25. The minimum Gasteiger partial charge on any atom is -0.483 e. The zero-order chi connectivity index (χ0) is 10.1. The summed E-state index contributed by atoms with van der Waals surface area (Å²) in [4.78, 5) is 19.2. The van der Waals surface area contributed by atoms with Crippen molar-refractivity contribution in [1.29, 1.82) is 0 Å². The van der Waals surface area contributed by atoms with Crippen molar-refractivity contribution < 1.29 is 19.4 Å². The zero-order valence-corrected chi connectivity index (χ0v) is 7.66. The zero-order valence-electron chi connectivity index (χ0n) is 7.66. The van der Waals surface area contributed by atoms with E-state index in [1.165, 1.54) is 0 Å². The summed E-state index contributed by atoms with van der Waals surface area (Å²) in [5.41, 5.74) is 0. The fourth-order valence-electron chi connectivity index (χ4n) is 0.948. The van der Waals surface area contributed by atoms with Gasteiger partial charge in [0.1, 0.15) is 0 Å². The van der Waals surface area contributed by atoms with Crippen LogP contribution in [0.3, 0.4) is 0 Å². The number of rotatable bonds is 3. The molecule has 0 amide bonds. The fourth-order valence-corrected chi connectivity index (χ4v) is 0.948. The largest absolute Gasteiger partial charge is 0.483 e.